The summed E-state index contributed by atoms with van der Waals surface area (Å²) in [5.41, 5.74) is 5.48. The molecule has 0 amide bonds. The summed E-state index contributed by atoms with van der Waals surface area (Å²) in [4.78, 5) is 6.91. The lowest BCUT2D eigenvalue weighted by Crippen LogP contribution is -2.22. The van der Waals surface area contributed by atoms with Crippen molar-refractivity contribution in [2.45, 2.75) is 0 Å². The molecule has 0 spiro atoms. The summed E-state index contributed by atoms with van der Waals surface area (Å²) in [5.74, 6) is 0. The van der Waals surface area contributed by atoms with Gasteiger partial charge >= 0.3 is 4.36 Å². The monoisotopic (exact) mass is 416 g/mol. The van der Waals surface area contributed by atoms with Gasteiger partial charge in [0.1, 0.15) is 0 Å². The Labute approximate surface area is 147 Å². The molecule has 0 N–H and O–H groups in total. The van der Waals surface area contributed by atoms with Crippen molar-refractivity contribution in [3.63, 3.8) is 0 Å². The van der Waals surface area contributed by atoms with Crippen LogP contribution in [0.2, 0.25) is 0 Å². The van der Waals surface area contributed by atoms with Crippen molar-refractivity contribution < 1.29 is 0 Å². The molecule has 0 saturated heterocycles. The van der Waals surface area contributed by atoms with E-state index < -0.39 is 0 Å². The van der Waals surface area contributed by atoms with Crippen molar-refractivity contribution >= 4 is 57.9 Å². The molecule has 2 aromatic carbocycles. The molecule has 0 aliphatic rings. The standard InChI is InChI=1S/C17H15BBr2N2/c1-22(2)13-8-9-14(15(11-13)18(19)20)17-10-7-12-5-3-4-6-16(12)21-17/h3-11H,1-2H3. The number of aromatic nitrogens is 1. The number of hydrogen-bond donors (Lipinski definition) is 0. The minimum Gasteiger partial charge on any atom is -0.378 e. The van der Waals surface area contributed by atoms with Gasteiger partial charge in [0, 0.05) is 25.2 Å². The molecular formula is C17H15BBr2N2. The fourth-order valence-electron chi connectivity index (χ4n) is 2.46. The fraction of sp³-hybridized carbons (Fsp3) is 0.118. The Morgan fingerprint density at radius 2 is 1.73 bits per heavy atom. The van der Waals surface area contributed by atoms with Gasteiger partial charge in [0.05, 0.1) is 11.2 Å². The van der Waals surface area contributed by atoms with Crippen LogP contribution >= 0.6 is 31.5 Å². The van der Waals surface area contributed by atoms with Gasteiger partial charge in [0.15, 0.2) is 0 Å². The second-order valence-corrected chi connectivity index (χ2v) is 8.42. The SMILES string of the molecule is CN(C)c1ccc(-c2ccc3ccccc3n2)c(B(Br)Br)c1. The minimum atomic E-state index is 0.0863. The van der Waals surface area contributed by atoms with Gasteiger partial charge in [-0.15, -0.1) is 31.5 Å². The lowest BCUT2D eigenvalue weighted by atomic mass is 9.87. The van der Waals surface area contributed by atoms with E-state index in [2.05, 4.69) is 72.8 Å². The number of pyridine rings is 1. The highest BCUT2D eigenvalue weighted by atomic mass is 79.9. The average Bonchev–Trinajstić information content (AvgIpc) is 2.53. The average molecular weight is 418 g/mol. The predicted octanol–water partition coefficient (Wildman–Crippen LogP) is 4.45. The lowest BCUT2D eigenvalue weighted by molar-refractivity contribution is 1.13. The molecule has 0 bridgehead atoms. The van der Waals surface area contributed by atoms with Crippen LogP contribution < -0.4 is 10.4 Å². The van der Waals surface area contributed by atoms with Crippen LogP contribution in [0.25, 0.3) is 22.2 Å². The number of benzene rings is 2. The normalized spacial score (nSPS) is 10.7. The predicted molar refractivity (Wildman–Crippen MR) is 105 cm³/mol. The molecule has 1 heterocycles. The summed E-state index contributed by atoms with van der Waals surface area (Å²) in [5, 5.41) is 1.16. The number of anilines is 1. The van der Waals surface area contributed by atoms with Crippen LogP contribution in [0.1, 0.15) is 0 Å². The number of halogens is 2. The highest BCUT2D eigenvalue weighted by molar-refractivity contribution is 9.49. The second kappa shape index (κ2) is 6.43. The Morgan fingerprint density at radius 3 is 2.45 bits per heavy atom. The van der Waals surface area contributed by atoms with Gasteiger partial charge in [-0.05, 0) is 35.3 Å². The maximum absolute atomic E-state index is 4.81. The molecule has 0 aliphatic carbocycles. The largest absolute Gasteiger partial charge is 0.378 e. The van der Waals surface area contributed by atoms with E-state index in [9.17, 15) is 0 Å². The van der Waals surface area contributed by atoms with Crippen molar-refractivity contribution in [2.75, 3.05) is 19.0 Å². The zero-order valence-corrected chi connectivity index (χ0v) is 15.6. The molecular weight excluding hydrogens is 403 g/mol. The van der Waals surface area contributed by atoms with Crippen molar-refractivity contribution in [2.24, 2.45) is 0 Å². The van der Waals surface area contributed by atoms with Crippen molar-refractivity contribution in [1.82, 2.24) is 4.98 Å². The molecule has 0 unspecified atom stereocenters. The molecule has 0 radical (unpaired) electrons. The molecule has 0 fully saturated rings. The van der Waals surface area contributed by atoms with Crippen LogP contribution in [0.15, 0.2) is 54.6 Å². The van der Waals surface area contributed by atoms with Crippen molar-refractivity contribution in [1.29, 1.82) is 0 Å². The van der Waals surface area contributed by atoms with E-state index in [1.54, 1.807) is 0 Å². The van der Waals surface area contributed by atoms with Crippen molar-refractivity contribution in [3.8, 4) is 11.3 Å². The van der Waals surface area contributed by atoms with Crippen LogP contribution in [0.4, 0.5) is 5.69 Å². The zero-order chi connectivity index (χ0) is 15.7. The molecule has 110 valence electrons. The smallest absolute Gasteiger partial charge is 0.330 e. The molecule has 0 aliphatic heterocycles. The molecule has 5 heteroatoms. The Balaban J connectivity index is 2.16. The fourth-order valence-corrected chi connectivity index (χ4v) is 3.22. The number of para-hydroxylation sites is 1. The Morgan fingerprint density at radius 1 is 0.955 bits per heavy atom. The van der Waals surface area contributed by atoms with Crippen LogP contribution in [0, 0.1) is 0 Å². The third-order valence-electron chi connectivity index (χ3n) is 3.66. The van der Waals surface area contributed by atoms with Crippen LogP contribution in [-0.4, -0.2) is 23.4 Å². The molecule has 2 nitrogen and oxygen atoms in total. The Hall–Kier alpha value is -1.33. The topological polar surface area (TPSA) is 16.1 Å². The molecule has 3 rings (SSSR count). The molecule has 1 aromatic heterocycles. The van der Waals surface area contributed by atoms with Crippen LogP contribution in [-0.2, 0) is 0 Å². The number of hydrogen-bond acceptors (Lipinski definition) is 2. The van der Waals surface area contributed by atoms with E-state index in [4.69, 9.17) is 4.98 Å². The zero-order valence-electron chi connectivity index (χ0n) is 12.4. The Kier molecular flexibility index (Phi) is 4.55. The first kappa shape index (κ1) is 15.6. The molecule has 0 atom stereocenters. The van der Waals surface area contributed by atoms with Gasteiger partial charge in [-0.1, -0.05) is 30.3 Å². The van der Waals surface area contributed by atoms with Gasteiger partial charge in [-0.3, -0.25) is 0 Å². The van der Waals surface area contributed by atoms with E-state index in [0.29, 0.717) is 0 Å². The molecule has 0 saturated carbocycles. The van der Waals surface area contributed by atoms with Gasteiger partial charge < -0.3 is 4.90 Å². The van der Waals surface area contributed by atoms with Crippen molar-refractivity contribution in [3.05, 3.63) is 54.6 Å². The number of nitrogens with zero attached hydrogens (tertiary/aromatic N) is 2. The van der Waals surface area contributed by atoms with Crippen LogP contribution in [0.3, 0.4) is 0 Å². The Bertz CT molecular complexity index is 819. The summed E-state index contributed by atoms with van der Waals surface area (Å²) in [6, 6.07) is 18.8. The number of rotatable bonds is 3. The maximum Gasteiger partial charge on any atom is 0.330 e. The summed E-state index contributed by atoms with van der Waals surface area (Å²) in [6.07, 6.45) is 0. The first-order valence-corrected chi connectivity index (χ1v) is 8.85. The van der Waals surface area contributed by atoms with Gasteiger partial charge in [0.2, 0.25) is 0 Å². The summed E-state index contributed by atoms with van der Waals surface area (Å²) in [7, 11) is 4.09. The molecule has 22 heavy (non-hydrogen) atoms. The molecule has 3 aromatic rings. The maximum atomic E-state index is 4.81. The first-order valence-electron chi connectivity index (χ1n) is 7.02. The van der Waals surface area contributed by atoms with E-state index >= 15 is 0 Å². The van der Waals surface area contributed by atoms with Gasteiger partial charge in [-0.25, -0.2) is 4.98 Å². The van der Waals surface area contributed by atoms with E-state index in [-0.39, 0.29) is 4.36 Å². The quantitative estimate of drug-likeness (QED) is 0.585. The van der Waals surface area contributed by atoms with E-state index in [1.807, 2.05) is 32.3 Å². The highest BCUT2D eigenvalue weighted by Gasteiger charge is 2.17. The van der Waals surface area contributed by atoms with Gasteiger partial charge in [0.25, 0.3) is 0 Å². The van der Waals surface area contributed by atoms with E-state index in [1.165, 1.54) is 11.2 Å². The van der Waals surface area contributed by atoms with Crippen LogP contribution in [0.5, 0.6) is 0 Å². The third-order valence-corrected chi connectivity index (χ3v) is 4.65. The minimum absolute atomic E-state index is 0.0863. The van der Waals surface area contributed by atoms with E-state index in [0.717, 1.165) is 22.2 Å². The first-order chi connectivity index (χ1) is 10.6. The third kappa shape index (κ3) is 3.06. The van der Waals surface area contributed by atoms with Gasteiger partial charge in [-0.2, -0.15) is 0 Å². The lowest BCUT2D eigenvalue weighted by Gasteiger charge is -2.17. The summed E-state index contributed by atoms with van der Waals surface area (Å²) < 4.78 is 0.0863. The summed E-state index contributed by atoms with van der Waals surface area (Å²) in [6.45, 7) is 0. The summed E-state index contributed by atoms with van der Waals surface area (Å²) >= 11 is 7.27. The highest BCUT2D eigenvalue weighted by Crippen LogP contribution is 2.24. The number of fused-ring (bicyclic) bond motifs is 1. The second-order valence-electron chi connectivity index (χ2n) is 5.36.